The van der Waals surface area contributed by atoms with Crippen LogP contribution in [0.25, 0.3) is 0 Å². The molecule has 0 atom stereocenters. The Labute approximate surface area is 103 Å². The van der Waals surface area contributed by atoms with Crippen molar-refractivity contribution < 1.29 is 9.13 Å². The summed E-state index contributed by atoms with van der Waals surface area (Å²) < 4.78 is 18.5. The van der Waals surface area contributed by atoms with E-state index < -0.39 is 0 Å². The van der Waals surface area contributed by atoms with Crippen LogP contribution in [0, 0.1) is 5.82 Å². The van der Waals surface area contributed by atoms with Gasteiger partial charge in [-0.05, 0) is 30.2 Å². The summed E-state index contributed by atoms with van der Waals surface area (Å²) in [4.78, 5) is 7.85. The maximum Gasteiger partial charge on any atom is 0.226 e. The summed E-state index contributed by atoms with van der Waals surface area (Å²) >= 11 is 5.69. The summed E-state index contributed by atoms with van der Waals surface area (Å²) in [6.07, 6.45) is 2.31. The second-order valence-electron chi connectivity index (χ2n) is 3.38. The van der Waals surface area contributed by atoms with E-state index in [4.69, 9.17) is 16.3 Å². The van der Waals surface area contributed by atoms with Gasteiger partial charge in [-0.15, -0.1) is 0 Å². The van der Waals surface area contributed by atoms with Crippen molar-refractivity contribution in [2.24, 2.45) is 0 Å². The molecule has 1 aromatic heterocycles. The van der Waals surface area contributed by atoms with Crippen LogP contribution in [0.3, 0.4) is 0 Å². The number of rotatable bonds is 3. The molecule has 88 valence electrons. The second-order valence-corrected chi connectivity index (χ2v) is 3.72. The van der Waals surface area contributed by atoms with Gasteiger partial charge in [0.15, 0.2) is 0 Å². The Morgan fingerprint density at radius 3 is 2.94 bits per heavy atom. The highest BCUT2D eigenvalue weighted by molar-refractivity contribution is 6.28. The molecule has 0 aliphatic carbocycles. The molecule has 0 aliphatic heterocycles. The van der Waals surface area contributed by atoms with Crippen molar-refractivity contribution in [3.8, 4) is 11.6 Å². The minimum absolute atomic E-state index is 0.105. The molecule has 0 saturated heterocycles. The number of benzene rings is 1. The Morgan fingerprint density at radius 1 is 1.41 bits per heavy atom. The first-order chi connectivity index (χ1) is 8.19. The van der Waals surface area contributed by atoms with Gasteiger partial charge in [0.25, 0.3) is 0 Å². The third kappa shape index (κ3) is 2.91. The van der Waals surface area contributed by atoms with Crippen LogP contribution in [0.1, 0.15) is 12.5 Å². The smallest absolute Gasteiger partial charge is 0.226 e. The molecule has 0 saturated carbocycles. The van der Waals surface area contributed by atoms with E-state index in [0.29, 0.717) is 18.1 Å². The zero-order chi connectivity index (χ0) is 12.3. The minimum atomic E-state index is -0.360. The van der Waals surface area contributed by atoms with E-state index in [-0.39, 0.29) is 11.1 Å². The van der Waals surface area contributed by atoms with Gasteiger partial charge in [-0.25, -0.2) is 9.37 Å². The second kappa shape index (κ2) is 5.10. The molecule has 0 radical (unpaired) electrons. The first-order valence-corrected chi connectivity index (χ1v) is 5.51. The first-order valence-electron chi connectivity index (χ1n) is 5.14. The van der Waals surface area contributed by atoms with Crippen LogP contribution in [0.15, 0.2) is 30.5 Å². The van der Waals surface area contributed by atoms with Crippen molar-refractivity contribution in [3.63, 3.8) is 0 Å². The van der Waals surface area contributed by atoms with Crippen LogP contribution in [0.5, 0.6) is 11.6 Å². The molecule has 0 fully saturated rings. The lowest BCUT2D eigenvalue weighted by Gasteiger charge is -2.08. The van der Waals surface area contributed by atoms with Crippen molar-refractivity contribution in [2.75, 3.05) is 0 Å². The van der Waals surface area contributed by atoms with E-state index in [0.717, 1.165) is 5.56 Å². The average Bonchev–Trinajstić information content (AvgIpc) is 2.29. The van der Waals surface area contributed by atoms with Crippen LogP contribution in [0.4, 0.5) is 4.39 Å². The normalized spacial score (nSPS) is 10.3. The molecule has 0 spiro atoms. The van der Waals surface area contributed by atoms with Crippen LogP contribution in [-0.4, -0.2) is 9.97 Å². The predicted molar refractivity (Wildman–Crippen MR) is 62.9 cm³/mol. The van der Waals surface area contributed by atoms with Gasteiger partial charge in [0.2, 0.25) is 11.2 Å². The molecule has 0 amide bonds. The first kappa shape index (κ1) is 11.8. The lowest BCUT2D eigenvalue weighted by atomic mass is 10.2. The van der Waals surface area contributed by atoms with Crippen molar-refractivity contribution in [1.29, 1.82) is 0 Å². The monoisotopic (exact) mass is 252 g/mol. The number of hydrogen-bond donors (Lipinski definition) is 0. The number of ether oxygens (including phenoxy) is 1. The van der Waals surface area contributed by atoms with Crippen molar-refractivity contribution in [1.82, 2.24) is 9.97 Å². The predicted octanol–water partition coefficient (Wildman–Crippen LogP) is 3.62. The van der Waals surface area contributed by atoms with Gasteiger partial charge >= 0.3 is 0 Å². The summed E-state index contributed by atoms with van der Waals surface area (Å²) in [5, 5.41) is 0.105. The maximum atomic E-state index is 13.0. The van der Waals surface area contributed by atoms with Gasteiger partial charge in [0.05, 0.1) is 0 Å². The molecule has 2 rings (SSSR count). The van der Waals surface area contributed by atoms with Gasteiger partial charge in [-0.2, -0.15) is 4.98 Å². The minimum Gasteiger partial charge on any atom is -0.438 e. The molecule has 1 heterocycles. The molecule has 2 aromatic rings. The number of hydrogen-bond acceptors (Lipinski definition) is 3. The van der Waals surface area contributed by atoms with Gasteiger partial charge in [-0.1, -0.05) is 13.0 Å². The Morgan fingerprint density at radius 2 is 2.24 bits per heavy atom. The van der Waals surface area contributed by atoms with E-state index in [1.807, 2.05) is 6.92 Å². The third-order valence-corrected chi connectivity index (χ3v) is 2.37. The summed E-state index contributed by atoms with van der Waals surface area (Å²) in [6.45, 7) is 1.95. The molecule has 5 heteroatoms. The Kier molecular flexibility index (Phi) is 3.54. The summed E-state index contributed by atoms with van der Waals surface area (Å²) in [5.74, 6) is 0.383. The van der Waals surface area contributed by atoms with Gasteiger partial charge in [0.1, 0.15) is 11.6 Å². The Balaban J connectivity index is 2.32. The molecular formula is C12H10ClFN2O. The average molecular weight is 253 g/mol. The summed E-state index contributed by atoms with van der Waals surface area (Å²) in [6, 6.07) is 5.85. The third-order valence-electron chi connectivity index (χ3n) is 2.19. The fourth-order valence-corrected chi connectivity index (χ4v) is 1.47. The molecule has 0 bridgehead atoms. The van der Waals surface area contributed by atoms with Crippen LogP contribution in [0.2, 0.25) is 5.28 Å². The number of nitrogens with zero attached hydrogens (tertiary/aromatic N) is 2. The zero-order valence-corrected chi connectivity index (χ0v) is 9.91. The highest BCUT2D eigenvalue weighted by Crippen LogP contribution is 2.24. The number of aromatic nitrogens is 2. The molecule has 17 heavy (non-hydrogen) atoms. The molecule has 0 unspecified atom stereocenters. The van der Waals surface area contributed by atoms with E-state index >= 15 is 0 Å². The maximum absolute atomic E-state index is 13.0. The highest BCUT2D eigenvalue weighted by Gasteiger charge is 2.07. The fraction of sp³-hybridized carbons (Fsp3) is 0.167. The highest BCUT2D eigenvalue weighted by atomic mass is 35.5. The van der Waals surface area contributed by atoms with Gasteiger partial charge < -0.3 is 4.74 Å². The number of halogens is 2. The number of aryl methyl sites for hydroxylation is 1. The Hall–Kier alpha value is -1.68. The van der Waals surface area contributed by atoms with Crippen LogP contribution in [-0.2, 0) is 6.42 Å². The molecule has 1 aromatic carbocycles. The largest absolute Gasteiger partial charge is 0.438 e. The van der Waals surface area contributed by atoms with Gasteiger partial charge in [0, 0.05) is 17.8 Å². The zero-order valence-electron chi connectivity index (χ0n) is 9.15. The van der Waals surface area contributed by atoms with Gasteiger partial charge in [-0.3, -0.25) is 0 Å². The van der Waals surface area contributed by atoms with E-state index in [1.165, 1.54) is 12.1 Å². The molecule has 0 N–H and O–H groups in total. The lowest BCUT2D eigenvalue weighted by molar-refractivity contribution is 0.451. The standard InChI is InChI=1S/C12H10ClFN2O/c1-2-8-7-15-12(13)16-11(8)17-10-5-3-4-9(14)6-10/h3-7H,2H2,1H3. The van der Waals surface area contributed by atoms with E-state index in [9.17, 15) is 4.39 Å². The molecular weight excluding hydrogens is 243 g/mol. The topological polar surface area (TPSA) is 35.0 Å². The Bertz CT molecular complexity index is 534. The van der Waals surface area contributed by atoms with E-state index in [2.05, 4.69) is 9.97 Å². The quantitative estimate of drug-likeness (QED) is 0.783. The van der Waals surface area contributed by atoms with Crippen LogP contribution < -0.4 is 4.74 Å². The molecule has 3 nitrogen and oxygen atoms in total. The lowest BCUT2D eigenvalue weighted by Crippen LogP contribution is -1.96. The van der Waals surface area contributed by atoms with Crippen LogP contribution >= 0.6 is 11.6 Å². The summed E-state index contributed by atoms with van der Waals surface area (Å²) in [7, 11) is 0. The van der Waals surface area contributed by atoms with E-state index in [1.54, 1.807) is 18.3 Å². The van der Waals surface area contributed by atoms with Crippen molar-refractivity contribution >= 4 is 11.6 Å². The fourth-order valence-electron chi connectivity index (χ4n) is 1.34. The summed E-state index contributed by atoms with van der Waals surface area (Å²) in [5.41, 5.74) is 0.818. The SMILES string of the molecule is CCc1cnc(Cl)nc1Oc1cccc(F)c1. The van der Waals surface area contributed by atoms with Crippen molar-refractivity contribution in [3.05, 3.63) is 47.1 Å². The van der Waals surface area contributed by atoms with Crippen molar-refractivity contribution in [2.45, 2.75) is 13.3 Å². The molecule has 0 aliphatic rings.